The molecule has 1 aromatic rings. The monoisotopic (exact) mass is 314 g/mol. The van der Waals surface area contributed by atoms with E-state index in [1.165, 1.54) is 6.07 Å². The maximum Gasteiger partial charge on any atom is 0.347 e. The van der Waals surface area contributed by atoms with Gasteiger partial charge in [-0.3, -0.25) is 5.43 Å². The molecule has 0 fully saturated rings. The molecule has 1 aromatic heterocycles. The molecule has 0 aromatic carbocycles. The Bertz CT molecular complexity index is 498. The fourth-order valence-electron chi connectivity index (χ4n) is 1.18. The quantitative estimate of drug-likeness (QED) is 0.253. The summed E-state index contributed by atoms with van der Waals surface area (Å²) in [4.78, 5) is 23.3. The van der Waals surface area contributed by atoms with Crippen molar-refractivity contribution >= 4 is 29.4 Å². The Kier molecular flexibility index (Phi) is 6.96. The predicted octanol–water partition coefficient (Wildman–Crippen LogP) is 1.06. The third-order valence-corrected chi connectivity index (χ3v) is 2.24. The highest BCUT2D eigenvalue weighted by atomic mass is 35.5. The zero-order valence-electron chi connectivity index (χ0n) is 11.6. The minimum atomic E-state index is -0.785. The van der Waals surface area contributed by atoms with Gasteiger partial charge in [-0.05, 0) is 26.0 Å². The molecule has 1 rings (SSSR count). The number of hydrazine groups is 1. The van der Waals surface area contributed by atoms with Gasteiger partial charge in [0.1, 0.15) is 0 Å². The first-order valence-corrected chi connectivity index (χ1v) is 6.51. The van der Waals surface area contributed by atoms with Crippen LogP contribution in [-0.2, 0) is 19.1 Å². The van der Waals surface area contributed by atoms with Gasteiger partial charge in [-0.2, -0.15) is 0 Å². The molecule has 0 saturated carbocycles. The van der Waals surface area contributed by atoms with Crippen molar-refractivity contribution in [3.05, 3.63) is 29.1 Å². The largest absolute Gasteiger partial charge is 0.462 e. The second-order valence-electron chi connectivity index (χ2n) is 3.51. The van der Waals surface area contributed by atoms with E-state index in [0.29, 0.717) is 5.82 Å². The molecule has 0 radical (unpaired) electrons. The first-order valence-electron chi connectivity index (χ1n) is 6.13. The van der Waals surface area contributed by atoms with Gasteiger partial charge >= 0.3 is 11.9 Å². The molecule has 0 bridgehead atoms. The van der Waals surface area contributed by atoms with E-state index in [4.69, 9.17) is 21.1 Å². The smallest absolute Gasteiger partial charge is 0.347 e. The Labute approximate surface area is 126 Å². The predicted molar refractivity (Wildman–Crippen MR) is 75.1 cm³/mol. The van der Waals surface area contributed by atoms with Crippen LogP contribution in [0.2, 0.25) is 5.15 Å². The van der Waals surface area contributed by atoms with Gasteiger partial charge in [-0.1, -0.05) is 11.6 Å². The van der Waals surface area contributed by atoms with Crippen LogP contribution >= 0.6 is 11.6 Å². The minimum Gasteiger partial charge on any atom is -0.462 e. The van der Waals surface area contributed by atoms with E-state index in [1.807, 2.05) is 0 Å². The Morgan fingerprint density at radius 3 is 2.29 bits per heavy atom. The van der Waals surface area contributed by atoms with Crippen molar-refractivity contribution < 1.29 is 19.1 Å². The van der Waals surface area contributed by atoms with Crippen LogP contribution < -0.4 is 10.9 Å². The Balaban J connectivity index is 2.71. The van der Waals surface area contributed by atoms with Crippen LogP contribution in [0, 0.1) is 0 Å². The lowest BCUT2D eigenvalue weighted by atomic mass is 10.3. The number of anilines is 1. The molecule has 0 amide bonds. The van der Waals surface area contributed by atoms with Gasteiger partial charge in [-0.25, -0.2) is 9.59 Å². The van der Waals surface area contributed by atoms with Crippen LogP contribution in [0.15, 0.2) is 23.9 Å². The van der Waals surface area contributed by atoms with Gasteiger partial charge in [0, 0.05) is 6.20 Å². The highest BCUT2D eigenvalue weighted by molar-refractivity contribution is 6.29. The molecule has 114 valence electrons. The molecule has 0 spiro atoms. The SMILES string of the molecule is CCOC(=O)C(=CNNc1ccc(Cl)nn1)C(=O)OCC. The molecule has 21 heavy (non-hydrogen) atoms. The number of halogens is 1. The number of aromatic nitrogens is 2. The highest BCUT2D eigenvalue weighted by Gasteiger charge is 2.20. The zero-order chi connectivity index (χ0) is 15.7. The lowest BCUT2D eigenvalue weighted by Gasteiger charge is -2.08. The van der Waals surface area contributed by atoms with Crippen molar-refractivity contribution in [2.75, 3.05) is 18.6 Å². The van der Waals surface area contributed by atoms with Crippen molar-refractivity contribution in [2.45, 2.75) is 13.8 Å². The fraction of sp³-hybridized carbons (Fsp3) is 0.333. The van der Waals surface area contributed by atoms with Gasteiger partial charge < -0.3 is 14.9 Å². The summed E-state index contributed by atoms with van der Waals surface area (Å²) in [6, 6.07) is 3.09. The number of nitrogens with one attached hydrogen (secondary N) is 2. The topological polar surface area (TPSA) is 102 Å². The van der Waals surface area contributed by atoms with E-state index in [9.17, 15) is 9.59 Å². The van der Waals surface area contributed by atoms with Crippen LogP contribution in [0.25, 0.3) is 0 Å². The van der Waals surface area contributed by atoms with Crippen molar-refractivity contribution in [1.29, 1.82) is 0 Å². The summed E-state index contributed by atoms with van der Waals surface area (Å²) in [5.74, 6) is -1.22. The van der Waals surface area contributed by atoms with E-state index in [2.05, 4.69) is 21.0 Å². The third kappa shape index (κ3) is 5.65. The average molecular weight is 315 g/mol. The second-order valence-corrected chi connectivity index (χ2v) is 3.90. The number of esters is 2. The van der Waals surface area contributed by atoms with Crippen molar-refractivity contribution in [3.63, 3.8) is 0 Å². The first kappa shape index (κ1) is 16.7. The van der Waals surface area contributed by atoms with E-state index < -0.39 is 11.9 Å². The van der Waals surface area contributed by atoms with E-state index in [0.717, 1.165) is 6.20 Å². The van der Waals surface area contributed by atoms with Gasteiger partial charge in [0.05, 0.1) is 13.2 Å². The molecule has 0 saturated heterocycles. The van der Waals surface area contributed by atoms with Crippen LogP contribution in [-0.4, -0.2) is 35.3 Å². The fourth-order valence-corrected chi connectivity index (χ4v) is 1.28. The minimum absolute atomic E-state index is 0.145. The summed E-state index contributed by atoms with van der Waals surface area (Å²) < 4.78 is 9.54. The average Bonchev–Trinajstić information content (AvgIpc) is 2.46. The maximum absolute atomic E-state index is 11.6. The van der Waals surface area contributed by atoms with Crippen molar-refractivity contribution in [3.8, 4) is 0 Å². The van der Waals surface area contributed by atoms with E-state index in [-0.39, 0.29) is 23.9 Å². The van der Waals surface area contributed by atoms with E-state index >= 15 is 0 Å². The normalized spacial score (nSPS) is 9.48. The molecule has 1 heterocycles. The van der Waals surface area contributed by atoms with Crippen molar-refractivity contribution in [2.24, 2.45) is 0 Å². The highest BCUT2D eigenvalue weighted by Crippen LogP contribution is 2.05. The Morgan fingerprint density at radius 1 is 1.19 bits per heavy atom. The summed E-state index contributed by atoms with van der Waals surface area (Å²) >= 11 is 5.59. The number of carbonyl (C=O) groups is 2. The van der Waals surface area contributed by atoms with Gasteiger partial charge in [0.15, 0.2) is 16.5 Å². The van der Waals surface area contributed by atoms with Gasteiger partial charge in [0.25, 0.3) is 0 Å². The van der Waals surface area contributed by atoms with Crippen LogP contribution in [0.3, 0.4) is 0 Å². The Morgan fingerprint density at radius 2 is 1.81 bits per heavy atom. The summed E-state index contributed by atoms with van der Waals surface area (Å²) in [5.41, 5.74) is 4.89. The number of rotatable bonds is 7. The zero-order valence-corrected chi connectivity index (χ0v) is 12.3. The second kappa shape index (κ2) is 8.75. The number of hydrogen-bond donors (Lipinski definition) is 2. The molecule has 2 N–H and O–H groups in total. The molecule has 0 aliphatic carbocycles. The molecule has 9 heteroatoms. The summed E-state index contributed by atoms with van der Waals surface area (Å²) in [6.07, 6.45) is 1.13. The number of carbonyl (C=O) groups excluding carboxylic acids is 2. The summed E-state index contributed by atoms with van der Waals surface area (Å²) in [5, 5.41) is 7.58. The van der Waals surface area contributed by atoms with Crippen molar-refractivity contribution in [1.82, 2.24) is 15.6 Å². The molecule has 0 atom stereocenters. The van der Waals surface area contributed by atoms with E-state index in [1.54, 1.807) is 19.9 Å². The lowest BCUT2D eigenvalue weighted by molar-refractivity contribution is -0.146. The standard InChI is InChI=1S/C12H15ClN4O4/c1-3-20-11(18)8(12(19)21-4-2)7-14-16-10-6-5-9(13)15-17-10/h5-7,14H,3-4H2,1-2H3,(H,16,17). The number of nitrogens with zero attached hydrogens (tertiary/aromatic N) is 2. The third-order valence-electron chi connectivity index (χ3n) is 2.04. The Hall–Kier alpha value is -2.35. The number of ether oxygens (including phenoxy) is 2. The summed E-state index contributed by atoms with van der Waals surface area (Å²) in [6.45, 7) is 3.56. The molecule has 0 aliphatic heterocycles. The van der Waals surface area contributed by atoms with Gasteiger partial charge in [-0.15, -0.1) is 10.2 Å². The van der Waals surface area contributed by atoms with Gasteiger partial charge in [0.2, 0.25) is 0 Å². The lowest BCUT2D eigenvalue weighted by Crippen LogP contribution is -2.24. The molecular formula is C12H15ClN4O4. The number of hydrogen-bond acceptors (Lipinski definition) is 8. The molecule has 0 unspecified atom stereocenters. The van der Waals surface area contributed by atoms with Crippen LogP contribution in [0.1, 0.15) is 13.8 Å². The molecule has 8 nitrogen and oxygen atoms in total. The van der Waals surface area contributed by atoms with Crippen LogP contribution in [0.5, 0.6) is 0 Å². The molecular weight excluding hydrogens is 300 g/mol. The maximum atomic E-state index is 11.6. The molecule has 0 aliphatic rings. The first-order chi connectivity index (χ1) is 10.1. The summed E-state index contributed by atoms with van der Waals surface area (Å²) in [7, 11) is 0. The van der Waals surface area contributed by atoms with Crippen LogP contribution in [0.4, 0.5) is 5.82 Å².